The highest BCUT2D eigenvalue weighted by molar-refractivity contribution is 5.85. The lowest BCUT2D eigenvalue weighted by atomic mass is 10.1. The number of aryl methyl sites for hydroxylation is 1. The van der Waals surface area contributed by atoms with Gasteiger partial charge in [-0.05, 0) is 18.6 Å². The highest BCUT2D eigenvalue weighted by atomic mass is 19.1. The minimum absolute atomic E-state index is 0.0694. The summed E-state index contributed by atoms with van der Waals surface area (Å²) in [5, 5.41) is 7.00. The van der Waals surface area contributed by atoms with Gasteiger partial charge in [-0.15, -0.1) is 0 Å². The van der Waals surface area contributed by atoms with E-state index in [1.54, 1.807) is 6.92 Å². The maximum atomic E-state index is 12.7. The molecule has 0 fully saturated rings. The first kappa shape index (κ1) is 11.6. The van der Waals surface area contributed by atoms with Crippen LogP contribution >= 0.6 is 0 Å². The van der Waals surface area contributed by atoms with Gasteiger partial charge in [0, 0.05) is 12.7 Å². The van der Waals surface area contributed by atoms with Crippen LogP contribution in [-0.2, 0) is 0 Å². The summed E-state index contributed by atoms with van der Waals surface area (Å²) in [6.45, 7) is 1.71. The zero-order chi connectivity index (χ0) is 10.4. The Morgan fingerprint density at radius 3 is 2.38 bits per heavy atom. The number of aliphatic hydroxyl groups excluding tert-OH is 1. The van der Waals surface area contributed by atoms with Crippen LogP contribution in [0.15, 0.2) is 12.1 Å². The molecular weight excluding hydrogens is 173 g/mol. The zero-order valence-corrected chi connectivity index (χ0v) is 7.54. The summed E-state index contributed by atoms with van der Waals surface area (Å²) in [6, 6.07) is 2.77. The molecule has 72 valence electrons. The van der Waals surface area contributed by atoms with E-state index in [9.17, 15) is 9.18 Å². The number of nitrogens with two attached hydrogens (primary N) is 1. The molecule has 0 aliphatic rings. The Morgan fingerprint density at radius 2 is 2.00 bits per heavy atom. The Balaban J connectivity index is 0.000000671. The quantitative estimate of drug-likeness (QED) is 0.509. The fourth-order valence-corrected chi connectivity index (χ4v) is 0.875. The molecule has 0 radical (unpaired) electrons. The second-order valence-electron chi connectivity index (χ2n) is 2.31. The highest BCUT2D eigenvalue weighted by Gasteiger charge is 2.05. The van der Waals surface area contributed by atoms with Crippen molar-refractivity contribution in [3.8, 4) is 0 Å². The summed E-state index contributed by atoms with van der Waals surface area (Å²) in [5.41, 5.74) is 6.15. The maximum Gasteiger partial charge on any atom is 0.152 e. The van der Waals surface area contributed by atoms with Crippen molar-refractivity contribution in [2.45, 2.75) is 6.92 Å². The van der Waals surface area contributed by atoms with Crippen LogP contribution < -0.4 is 5.73 Å². The number of benzene rings is 1. The molecule has 0 atom stereocenters. The van der Waals surface area contributed by atoms with Crippen molar-refractivity contribution >= 4 is 12.0 Å². The summed E-state index contributed by atoms with van der Waals surface area (Å²) in [4.78, 5) is 10.4. The smallest absolute Gasteiger partial charge is 0.152 e. The van der Waals surface area contributed by atoms with E-state index in [2.05, 4.69) is 0 Å². The van der Waals surface area contributed by atoms with E-state index in [0.717, 1.165) is 7.11 Å². The summed E-state index contributed by atoms with van der Waals surface area (Å²) < 4.78 is 12.7. The Bertz CT molecular complexity index is 300. The molecule has 1 aromatic rings. The molecule has 1 rings (SSSR count). The zero-order valence-electron chi connectivity index (χ0n) is 7.54. The Labute approximate surface area is 76.0 Å². The SMILES string of the molecule is CO.Cc1ccc(F)c(N)c1C=O. The Hall–Kier alpha value is -1.42. The number of halogens is 1. The van der Waals surface area contributed by atoms with Gasteiger partial charge in [0.1, 0.15) is 5.82 Å². The van der Waals surface area contributed by atoms with Crippen LogP contribution in [0.4, 0.5) is 10.1 Å². The van der Waals surface area contributed by atoms with Gasteiger partial charge in [0.25, 0.3) is 0 Å². The first-order chi connectivity index (χ1) is 6.16. The van der Waals surface area contributed by atoms with Crippen molar-refractivity contribution < 1.29 is 14.3 Å². The average molecular weight is 185 g/mol. The van der Waals surface area contributed by atoms with Gasteiger partial charge in [0.05, 0.1) is 5.69 Å². The van der Waals surface area contributed by atoms with Crippen molar-refractivity contribution in [1.29, 1.82) is 0 Å². The van der Waals surface area contributed by atoms with Gasteiger partial charge >= 0.3 is 0 Å². The fourth-order valence-electron chi connectivity index (χ4n) is 0.875. The number of hydrogen-bond acceptors (Lipinski definition) is 3. The molecule has 0 spiro atoms. The number of hydrogen-bond donors (Lipinski definition) is 2. The van der Waals surface area contributed by atoms with Gasteiger partial charge in [0.15, 0.2) is 6.29 Å². The third-order valence-corrected chi connectivity index (χ3v) is 1.57. The third-order valence-electron chi connectivity index (χ3n) is 1.57. The molecular formula is C9H12FNO2. The van der Waals surface area contributed by atoms with Crippen LogP contribution in [-0.4, -0.2) is 18.5 Å². The molecule has 0 aliphatic heterocycles. The normalized spacial score (nSPS) is 8.62. The lowest BCUT2D eigenvalue weighted by molar-refractivity contribution is 0.112. The van der Waals surface area contributed by atoms with Crippen molar-refractivity contribution in [3.05, 3.63) is 29.1 Å². The topological polar surface area (TPSA) is 63.3 Å². The van der Waals surface area contributed by atoms with Gasteiger partial charge in [-0.1, -0.05) is 6.07 Å². The van der Waals surface area contributed by atoms with E-state index in [0.29, 0.717) is 11.8 Å². The molecule has 0 unspecified atom stereocenters. The number of rotatable bonds is 1. The van der Waals surface area contributed by atoms with E-state index in [4.69, 9.17) is 10.8 Å². The summed E-state index contributed by atoms with van der Waals surface area (Å²) in [7, 11) is 1.00. The van der Waals surface area contributed by atoms with E-state index >= 15 is 0 Å². The molecule has 0 saturated carbocycles. The summed E-state index contributed by atoms with van der Waals surface area (Å²) >= 11 is 0. The van der Waals surface area contributed by atoms with Crippen LogP contribution in [0.2, 0.25) is 0 Å². The molecule has 0 aromatic heterocycles. The minimum Gasteiger partial charge on any atom is -0.400 e. The van der Waals surface area contributed by atoms with Crippen LogP contribution in [0.1, 0.15) is 15.9 Å². The summed E-state index contributed by atoms with van der Waals surface area (Å²) in [6.07, 6.45) is 0.563. The average Bonchev–Trinajstić information content (AvgIpc) is 2.16. The van der Waals surface area contributed by atoms with E-state index < -0.39 is 5.82 Å². The van der Waals surface area contributed by atoms with Crippen molar-refractivity contribution in [1.82, 2.24) is 0 Å². The van der Waals surface area contributed by atoms with Gasteiger partial charge in [-0.3, -0.25) is 4.79 Å². The van der Waals surface area contributed by atoms with Crippen LogP contribution in [0.25, 0.3) is 0 Å². The molecule has 3 nitrogen and oxygen atoms in total. The van der Waals surface area contributed by atoms with Crippen molar-refractivity contribution in [3.63, 3.8) is 0 Å². The van der Waals surface area contributed by atoms with Crippen molar-refractivity contribution in [2.24, 2.45) is 0 Å². The predicted octanol–water partition coefficient (Wildman–Crippen LogP) is 1.14. The first-order valence-electron chi connectivity index (χ1n) is 3.61. The first-order valence-corrected chi connectivity index (χ1v) is 3.61. The van der Waals surface area contributed by atoms with E-state index in [-0.39, 0.29) is 11.3 Å². The standard InChI is InChI=1S/C8H8FNO.CH4O/c1-5-2-3-7(9)8(10)6(5)4-11;1-2/h2-4H,10H2,1H3;2H,1H3. The van der Waals surface area contributed by atoms with Gasteiger partial charge in [0.2, 0.25) is 0 Å². The second kappa shape index (κ2) is 5.27. The molecule has 1 aromatic carbocycles. The van der Waals surface area contributed by atoms with E-state index in [1.807, 2.05) is 0 Å². The molecule has 0 saturated heterocycles. The number of aldehydes is 1. The number of carbonyl (C=O) groups excluding carboxylic acids is 1. The number of anilines is 1. The fraction of sp³-hybridized carbons (Fsp3) is 0.222. The lowest BCUT2D eigenvalue weighted by Gasteiger charge is -2.02. The molecule has 0 bridgehead atoms. The Morgan fingerprint density at radius 1 is 1.46 bits per heavy atom. The van der Waals surface area contributed by atoms with Crippen LogP contribution in [0, 0.1) is 12.7 Å². The molecule has 13 heavy (non-hydrogen) atoms. The van der Waals surface area contributed by atoms with E-state index in [1.165, 1.54) is 12.1 Å². The van der Waals surface area contributed by atoms with Gasteiger partial charge in [-0.25, -0.2) is 4.39 Å². The molecule has 0 amide bonds. The number of carbonyl (C=O) groups is 1. The Kier molecular flexibility index (Phi) is 4.69. The molecule has 0 heterocycles. The van der Waals surface area contributed by atoms with Crippen LogP contribution in [0.3, 0.4) is 0 Å². The van der Waals surface area contributed by atoms with Crippen molar-refractivity contribution in [2.75, 3.05) is 12.8 Å². The maximum absolute atomic E-state index is 12.7. The minimum atomic E-state index is -0.544. The lowest BCUT2D eigenvalue weighted by Crippen LogP contribution is -1.98. The summed E-state index contributed by atoms with van der Waals surface area (Å²) in [5.74, 6) is -0.544. The largest absolute Gasteiger partial charge is 0.400 e. The second-order valence-corrected chi connectivity index (χ2v) is 2.31. The molecule has 4 heteroatoms. The third kappa shape index (κ3) is 2.52. The van der Waals surface area contributed by atoms with Gasteiger partial charge in [-0.2, -0.15) is 0 Å². The predicted molar refractivity (Wildman–Crippen MR) is 49.1 cm³/mol. The number of aliphatic hydroxyl groups is 1. The number of nitrogen functional groups attached to an aromatic ring is 1. The van der Waals surface area contributed by atoms with Gasteiger partial charge < -0.3 is 10.8 Å². The van der Waals surface area contributed by atoms with Crippen LogP contribution in [0.5, 0.6) is 0 Å². The monoisotopic (exact) mass is 185 g/mol. The molecule has 0 aliphatic carbocycles. The molecule has 3 N–H and O–H groups in total. The highest BCUT2D eigenvalue weighted by Crippen LogP contribution is 2.17.